The lowest BCUT2D eigenvalue weighted by Crippen LogP contribution is -2.28. The summed E-state index contributed by atoms with van der Waals surface area (Å²) in [5, 5.41) is 6.48. The van der Waals surface area contributed by atoms with Gasteiger partial charge >= 0.3 is 0 Å². The van der Waals surface area contributed by atoms with Crippen LogP contribution in [-0.4, -0.2) is 42.7 Å². The Balaban J connectivity index is 2.17. The van der Waals surface area contributed by atoms with E-state index in [1.54, 1.807) is 20.8 Å². The molecule has 1 rings (SSSR count). The lowest BCUT2D eigenvalue weighted by Gasteiger charge is -2.07. The van der Waals surface area contributed by atoms with Gasteiger partial charge in [-0.05, 0) is 13.8 Å². The minimum absolute atomic E-state index is 0.163. The SMILES string of the molecule is Cc1nc(CCNCCS(=O)(=O)C(C)C)no1. The zero-order valence-electron chi connectivity index (χ0n) is 10.4. The molecule has 0 aliphatic rings. The Morgan fingerprint density at radius 1 is 1.35 bits per heavy atom. The first-order valence-electron chi connectivity index (χ1n) is 5.63. The molecule has 0 bridgehead atoms. The highest BCUT2D eigenvalue weighted by atomic mass is 32.2. The molecule has 0 spiro atoms. The third kappa shape index (κ3) is 4.82. The minimum Gasteiger partial charge on any atom is -0.340 e. The standard InChI is InChI=1S/C10H19N3O3S/c1-8(2)17(14,15)7-6-11-5-4-10-12-9(3)16-13-10/h8,11H,4-7H2,1-3H3. The first kappa shape index (κ1) is 14.1. The number of rotatable bonds is 7. The van der Waals surface area contributed by atoms with Crippen molar-refractivity contribution in [3.05, 3.63) is 11.7 Å². The molecular formula is C10H19N3O3S. The zero-order chi connectivity index (χ0) is 12.9. The average Bonchev–Trinajstić information content (AvgIpc) is 2.63. The second-order valence-electron chi connectivity index (χ2n) is 4.15. The molecule has 1 heterocycles. The number of nitrogens with zero attached hydrogens (tertiary/aromatic N) is 2. The molecule has 7 heteroatoms. The Bertz CT molecular complexity index is 439. The molecule has 0 aliphatic carbocycles. The molecule has 17 heavy (non-hydrogen) atoms. The van der Waals surface area contributed by atoms with Gasteiger partial charge < -0.3 is 9.84 Å². The number of aryl methyl sites for hydroxylation is 1. The van der Waals surface area contributed by atoms with Crippen LogP contribution in [0.5, 0.6) is 0 Å². The van der Waals surface area contributed by atoms with Crippen LogP contribution < -0.4 is 5.32 Å². The molecule has 0 atom stereocenters. The van der Waals surface area contributed by atoms with E-state index >= 15 is 0 Å². The van der Waals surface area contributed by atoms with Gasteiger partial charge in [0.25, 0.3) is 0 Å². The third-order valence-corrected chi connectivity index (χ3v) is 4.59. The molecule has 1 N–H and O–H groups in total. The predicted octanol–water partition coefficient (Wildman–Crippen LogP) is 0.333. The molecular weight excluding hydrogens is 242 g/mol. The van der Waals surface area contributed by atoms with Crippen molar-refractivity contribution in [2.75, 3.05) is 18.8 Å². The normalized spacial score (nSPS) is 12.2. The highest BCUT2D eigenvalue weighted by Gasteiger charge is 2.14. The van der Waals surface area contributed by atoms with Gasteiger partial charge in [0.1, 0.15) is 0 Å². The van der Waals surface area contributed by atoms with Gasteiger partial charge in [-0.15, -0.1) is 0 Å². The number of nitrogens with one attached hydrogen (secondary N) is 1. The second kappa shape index (κ2) is 6.11. The molecule has 6 nitrogen and oxygen atoms in total. The summed E-state index contributed by atoms with van der Waals surface area (Å²) in [6.45, 7) is 6.22. The molecule has 98 valence electrons. The van der Waals surface area contributed by atoms with Crippen LogP contribution >= 0.6 is 0 Å². The largest absolute Gasteiger partial charge is 0.340 e. The van der Waals surface area contributed by atoms with Crippen molar-refractivity contribution >= 4 is 9.84 Å². The maximum absolute atomic E-state index is 11.5. The first-order valence-corrected chi connectivity index (χ1v) is 7.35. The van der Waals surface area contributed by atoms with Gasteiger partial charge in [-0.25, -0.2) is 8.42 Å². The summed E-state index contributed by atoms with van der Waals surface area (Å²) in [4.78, 5) is 4.05. The van der Waals surface area contributed by atoms with E-state index in [-0.39, 0.29) is 11.0 Å². The van der Waals surface area contributed by atoms with Gasteiger partial charge in [-0.2, -0.15) is 4.98 Å². The summed E-state index contributed by atoms with van der Waals surface area (Å²) < 4.78 is 27.8. The molecule has 0 unspecified atom stereocenters. The topological polar surface area (TPSA) is 85.1 Å². The van der Waals surface area contributed by atoms with Crippen molar-refractivity contribution in [3.8, 4) is 0 Å². The Labute approximate surface area is 102 Å². The smallest absolute Gasteiger partial charge is 0.223 e. The Morgan fingerprint density at radius 2 is 2.06 bits per heavy atom. The number of hydrogen-bond acceptors (Lipinski definition) is 6. The van der Waals surface area contributed by atoms with E-state index in [1.807, 2.05) is 0 Å². The fraction of sp³-hybridized carbons (Fsp3) is 0.800. The Kier molecular flexibility index (Phi) is 5.07. The molecule has 0 aromatic carbocycles. The average molecular weight is 261 g/mol. The van der Waals surface area contributed by atoms with Crippen LogP contribution in [0.15, 0.2) is 4.52 Å². The summed E-state index contributed by atoms with van der Waals surface area (Å²) in [5.74, 6) is 1.35. The second-order valence-corrected chi connectivity index (χ2v) is 6.82. The molecule has 0 amide bonds. The van der Waals surface area contributed by atoms with Gasteiger partial charge in [-0.1, -0.05) is 5.16 Å². The van der Waals surface area contributed by atoms with E-state index in [2.05, 4.69) is 15.5 Å². The highest BCUT2D eigenvalue weighted by Crippen LogP contribution is 1.99. The third-order valence-electron chi connectivity index (χ3n) is 2.38. The maximum Gasteiger partial charge on any atom is 0.223 e. The minimum atomic E-state index is -2.95. The summed E-state index contributed by atoms with van der Waals surface area (Å²) in [7, 11) is -2.95. The molecule has 0 saturated heterocycles. The van der Waals surface area contributed by atoms with Gasteiger partial charge in [0, 0.05) is 26.4 Å². The predicted molar refractivity (Wildman–Crippen MR) is 64.5 cm³/mol. The summed E-state index contributed by atoms with van der Waals surface area (Å²) in [6, 6.07) is 0. The Hall–Kier alpha value is -0.950. The molecule has 0 radical (unpaired) electrons. The molecule has 0 aliphatic heterocycles. The van der Waals surface area contributed by atoms with Crippen LogP contribution in [0.3, 0.4) is 0 Å². The first-order chi connectivity index (χ1) is 7.92. The van der Waals surface area contributed by atoms with Gasteiger partial charge in [-0.3, -0.25) is 0 Å². The maximum atomic E-state index is 11.5. The molecule has 1 aromatic rings. The van der Waals surface area contributed by atoms with Crippen molar-refractivity contribution < 1.29 is 12.9 Å². The van der Waals surface area contributed by atoms with E-state index in [0.717, 1.165) is 0 Å². The van der Waals surface area contributed by atoms with E-state index < -0.39 is 9.84 Å². The highest BCUT2D eigenvalue weighted by molar-refractivity contribution is 7.92. The summed E-state index contributed by atoms with van der Waals surface area (Å²) in [6.07, 6.45) is 0.638. The van der Waals surface area contributed by atoms with E-state index in [4.69, 9.17) is 4.52 Å². The van der Waals surface area contributed by atoms with Crippen LogP contribution in [0.2, 0.25) is 0 Å². The van der Waals surface area contributed by atoms with Gasteiger partial charge in [0.2, 0.25) is 5.89 Å². The summed E-state index contributed by atoms with van der Waals surface area (Å²) >= 11 is 0. The quantitative estimate of drug-likeness (QED) is 0.712. The summed E-state index contributed by atoms with van der Waals surface area (Å²) in [5.41, 5.74) is 0. The fourth-order valence-electron chi connectivity index (χ4n) is 1.22. The number of hydrogen-bond donors (Lipinski definition) is 1. The van der Waals surface area contributed by atoms with E-state index in [9.17, 15) is 8.42 Å². The van der Waals surface area contributed by atoms with Crippen molar-refractivity contribution in [2.45, 2.75) is 32.4 Å². The number of sulfone groups is 1. The Morgan fingerprint density at radius 3 is 2.59 bits per heavy atom. The number of aromatic nitrogens is 2. The van der Waals surface area contributed by atoms with Crippen molar-refractivity contribution in [2.24, 2.45) is 0 Å². The fourth-order valence-corrected chi connectivity index (χ4v) is 2.12. The van der Waals surface area contributed by atoms with Gasteiger partial charge in [0.05, 0.1) is 11.0 Å². The molecule has 0 fully saturated rings. The van der Waals surface area contributed by atoms with E-state index in [0.29, 0.717) is 31.2 Å². The van der Waals surface area contributed by atoms with Gasteiger partial charge in [0.15, 0.2) is 15.7 Å². The van der Waals surface area contributed by atoms with Crippen molar-refractivity contribution in [1.29, 1.82) is 0 Å². The molecule has 1 aromatic heterocycles. The molecule has 0 saturated carbocycles. The lowest BCUT2D eigenvalue weighted by molar-refractivity contribution is 0.387. The van der Waals surface area contributed by atoms with Crippen molar-refractivity contribution in [1.82, 2.24) is 15.5 Å². The zero-order valence-corrected chi connectivity index (χ0v) is 11.2. The van der Waals surface area contributed by atoms with Crippen LogP contribution in [0, 0.1) is 6.92 Å². The van der Waals surface area contributed by atoms with Crippen molar-refractivity contribution in [3.63, 3.8) is 0 Å². The van der Waals surface area contributed by atoms with Crippen LogP contribution in [0.4, 0.5) is 0 Å². The lowest BCUT2D eigenvalue weighted by atomic mass is 10.4. The van der Waals surface area contributed by atoms with Crippen LogP contribution in [-0.2, 0) is 16.3 Å². The van der Waals surface area contributed by atoms with E-state index in [1.165, 1.54) is 0 Å². The van der Waals surface area contributed by atoms with Crippen LogP contribution in [0.25, 0.3) is 0 Å². The van der Waals surface area contributed by atoms with Crippen LogP contribution in [0.1, 0.15) is 25.6 Å². The monoisotopic (exact) mass is 261 g/mol.